The normalized spacial score (nSPS) is 11.9. The average molecular weight is 190 g/mol. The second-order valence-electron chi connectivity index (χ2n) is 3.19. The van der Waals surface area contributed by atoms with Crippen LogP contribution in [-0.2, 0) is 0 Å². The van der Waals surface area contributed by atoms with Gasteiger partial charge in [-0.2, -0.15) is 0 Å². The standard InChI is InChI=1S/C12H14O2/c1-4-7-14-12-6-5-11(10(3)13)8-9(12)2/h1,5-6,8,10,13H,7H2,2-3H3/t10-/m0/s1. The van der Waals surface area contributed by atoms with Gasteiger partial charge in [0.25, 0.3) is 0 Å². The fourth-order valence-corrected chi connectivity index (χ4v) is 1.21. The Morgan fingerprint density at radius 3 is 2.79 bits per heavy atom. The quantitative estimate of drug-likeness (QED) is 0.739. The first-order valence-corrected chi connectivity index (χ1v) is 4.50. The number of hydrogen-bond donors (Lipinski definition) is 1. The molecule has 2 heteroatoms. The van der Waals surface area contributed by atoms with Gasteiger partial charge in [0.05, 0.1) is 6.10 Å². The minimum atomic E-state index is -0.449. The monoisotopic (exact) mass is 190 g/mol. The molecule has 0 amide bonds. The third-order valence-electron chi connectivity index (χ3n) is 1.99. The fourth-order valence-electron chi connectivity index (χ4n) is 1.21. The topological polar surface area (TPSA) is 29.5 Å². The summed E-state index contributed by atoms with van der Waals surface area (Å²) in [7, 11) is 0. The molecule has 1 rings (SSSR count). The van der Waals surface area contributed by atoms with Crippen LogP contribution < -0.4 is 4.74 Å². The van der Waals surface area contributed by atoms with Gasteiger partial charge in [-0.15, -0.1) is 6.42 Å². The molecule has 0 radical (unpaired) electrons. The lowest BCUT2D eigenvalue weighted by atomic mass is 10.1. The van der Waals surface area contributed by atoms with Crippen molar-refractivity contribution in [1.82, 2.24) is 0 Å². The summed E-state index contributed by atoms with van der Waals surface area (Å²) in [6, 6.07) is 5.56. The highest BCUT2D eigenvalue weighted by molar-refractivity contribution is 5.37. The molecule has 0 aliphatic heterocycles. The lowest BCUT2D eigenvalue weighted by Crippen LogP contribution is -1.97. The summed E-state index contributed by atoms with van der Waals surface area (Å²) in [5.41, 5.74) is 1.87. The van der Waals surface area contributed by atoms with Crippen LogP contribution in [0.5, 0.6) is 5.75 Å². The maximum Gasteiger partial charge on any atom is 0.148 e. The van der Waals surface area contributed by atoms with Crippen molar-refractivity contribution < 1.29 is 9.84 Å². The molecule has 1 aromatic carbocycles. The first kappa shape index (κ1) is 10.6. The number of terminal acetylenes is 1. The average Bonchev–Trinajstić information content (AvgIpc) is 2.15. The van der Waals surface area contributed by atoms with Crippen molar-refractivity contribution >= 4 is 0 Å². The van der Waals surface area contributed by atoms with E-state index < -0.39 is 6.10 Å². The molecule has 0 aliphatic carbocycles. The second-order valence-corrected chi connectivity index (χ2v) is 3.19. The van der Waals surface area contributed by atoms with E-state index in [0.29, 0.717) is 0 Å². The van der Waals surface area contributed by atoms with Crippen molar-refractivity contribution in [3.05, 3.63) is 29.3 Å². The van der Waals surface area contributed by atoms with Crippen LogP contribution in [0.1, 0.15) is 24.2 Å². The van der Waals surface area contributed by atoms with Crippen molar-refractivity contribution in [2.24, 2.45) is 0 Å². The van der Waals surface area contributed by atoms with Gasteiger partial charge in [-0.3, -0.25) is 0 Å². The zero-order chi connectivity index (χ0) is 10.6. The van der Waals surface area contributed by atoms with Crippen molar-refractivity contribution in [3.8, 4) is 18.1 Å². The van der Waals surface area contributed by atoms with Crippen LogP contribution >= 0.6 is 0 Å². The highest BCUT2D eigenvalue weighted by Gasteiger charge is 2.04. The molecule has 1 atom stereocenters. The molecular weight excluding hydrogens is 176 g/mol. The first-order valence-electron chi connectivity index (χ1n) is 4.50. The number of hydrogen-bond acceptors (Lipinski definition) is 2. The Morgan fingerprint density at radius 1 is 1.57 bits per heavy atom. The lowest BCUT2D eigenvalue weighted by molar-refractivity contribution is 0.199. The van der Waals surface area contributed by atoms with E-state index in [1.807, 2.05) is 25.1 Å². The maximum atomic E-state index is 9.34. The highest BCUT2D eigenvalue weighted by Crippen LogP contribution is 2.22. The number of rotatable bonds is 3. The van der Waals surface area contributed by atoms with E-state index >= 15 is 0 Å². The molecule has 1 aromatic rings. The molecule has 0 bridgehead atoms. The predicted octanol–water partition coefficient (Wildman–Crippen LogP) is 2.06. The van der Waals surface area contributed by atoms with Crippen molar-refractivity contribution in [2.75, 3.05) is 6.61 Å². The van der Waals surface area contributed by atoms with Crippen molar-refractivity contribution in [2.45, 2.75) is 20.0 Å². The van der Waals surface area contributed by atoms with Gasteiger partial charge in [-0.1, -0.05) is 12.0 Å². The molecule has 0 heterocycles. The summed E-state index contributed by atoms with van der Waals surface area (Å²) in [6.45, 7) is 3.93. The molecule has 0 saturated carbocycles. The Labute approximate surface area is 84.5 Å². The molecule has 1 N–H and O–H groups in total. The largest absolute Gasteiger partial charge is 0.481 e. The Hall–Kier alpha value is -1.46. The summed E-state index contributed by atoms with van der Waals surface area (Å²) < 4.78 is 5.30. The van der Waals surface area contributed by atoms with Gasteiger partial charge in [0, 0.05) is 0 Å². The van der Waals surface area contributed by atoms with E-state index in [1.54, 1.807) is 6.92 Å². The van der Waals surface area contributed by atoms with Crippen LogP contribution in [0.3, 0.4) is 0 Å². The third-order valence-corrected chi connectivity index (χ3v) is 1.99. The van der Waals surface area contributed by atoms with E-state index in [1.165, 1.54) is 0 Å². The minimum Gasteiger partial charge on any atom is -0.481 e. The number of aliphatic hydroxyl groups is 1. The number of aryl methyl sites for hydroxylation is 1. The molecule has 0 aromatic heterocycles. The Bertz CT molecular complexity index is 348. The first-order chi connectivity index (χ1) is 6.65. The SMILES string of the molecule is C#CCOc1ccc([C@H](C)O)cc1C. The van der Waals surface area contributed by atoms with Crippen molar-refractivity contribution in [3.63, 3.8) is 0 Å². The van der Waals surface area contributed by atoms with Gasteiger partial charge in [0.1, 0.15) is 12.4 Å². The van der Waals surface area contributed by atoms with E-state index in [9.17, 15) is 5.11 Å². The number of aliphatic hydroxyl groups excluding tert-OH is 1. The summed E-state index contributed by atoms with van der Waals surface area (Å²) in [5.74, 6) is 3.18. The third kappa shape index (κ3) is 2.51. The van der Waals surface area contributed by atoms with Crippen LogP contribution in [0, 0.1) is 19.3 Å². The van der Waals surface area contributed by atoms with Gasteiger partial charge >= 0.3 is 0 Å². The molecule has 0 saturated heterocycles. The van der Waals surface area contributed by atoms with Gasteiger partial charge < -0.3 is 9.84 Å². The van der Waals surface area contributed by atoms with E-state index in [2.05, 4.69) is 5.92 Å². The predicted molar refractivity (Wildman–Crippen MR) is 56.1 cm³/mol. The van der Waals surface area contributed by atoms with E-state index in [-0.39, 0.29) is 6.61 Å². The van der Waals surface area contributed by atoms with Gasteiger partial charge in [0.2, 0.25) is 0 Å². The Balaban J connectivity index is 2.85. The van der Waals surface area contributed by atoms with Crippen molar-refractivity contribution in [1.29, 1.82) is 0 Å². The van der Waals surface area contributed by atoms with E-state index in [0.717, 1.165) is 16.9 Å². The van der Waals surface area contributed by atoms with Gasteiger partial charge in [-0.25, -0.2) is 0 Å². The summed E-state index contributed by atoms with van der Waals surface area (Å²) in [4.78, 5) is 0. The van der Waals surface area contributed by atoms with E-state index in [4.69, 9.17) is 11.2 Å². The summed E-state index contributed by atoms with van der Waals surface area (Å²) in [5, 5.41) is 9.34. The molecule has 0 unspecified atom stereocenters. The van der Waals surface area contributed by atoms with Gasteiger partial charge in [0.15, 0.2) is 0 Å². The smallest absolute Gasteiger partial charge is 0.148 e. The molecule has 74 valence electrons. The lowest BCUT2D eigenvalue weighted by Gasteiger charge is -2.10. The fraction of sp³-hybridized carbons (Fsp3) is 0.333. The van der Waals surface area contributed by atoms with Crippen LogP contribution in [0.2, 0.25) is 0 Å². The van der Waals surface area contributed by atoms with Crippen LogP contribution in [0.25, 0.3) is 0 Å². The molecule has 0 fully saturated rings. The molecule has 14 heavy (non-hydrogen) atoms. The molecular formula is C12H14O2. The molecule has 0 aliphatic rings. The van der Waals surface area contributed by atoms with Crippen LogP contribution in [-0.4, -0.2) is 11.7 Å². The van der Waals surface area contributed by atoms with Gasteiger partial charge in [-0.05, 0) is 37.1 Å². The molecule has 2 nitrogen and oxygen atoms in total. The molecule has 0 spiro atoms. The Kier molecular flexibility index (Phi) is 3.55. The van der Waals surface area contributed by atoms with Crippen LogP contribution in [0.15, 0.2) is 18.2 Å². The highest BCUT2D eigenvalue weighted by atomic mass is 16.5. The zero-order valence-corrected chi connectivity index (χ0v) is 8.45. The zero-order valence-electron chi connectivity index (χ0n) is 8.45. The minimum absolute atomic E-state index is 0.273. The number of benzene rings is 1. The number of ether oxygens (including phenoxy) is 1. The Morgan fingerprint density at radius 2 is 2.29 bits per heavy atom. The summed E-state index contributed by atoms with van der Waals surface area (Å²) >= 11 is 0. The maximum absolute atomic E-state index is 9.34. The second kappa shape index (κ2) is 4.69. The summed E-state index contributed by atoms with van der Waals surface area (Å²) in [6.07, 6.45) is 4.64. The van der Waals surface area contributed by atoms with Crippen LogP contribution in [0.4, 0.5) is 0 Å².